The lowest BCUT2D eigenvalue weighted by Gasteiger charge is -2.28. The highest BCUT2D eigenvalue weighted by Crippen LogP contribution is 2.40. The van der Waals surface area contributed by atoms with Gasteiger partial charge in [-0.15, -0.1) is 0 Å². The first-order valence-corrected chi connectivity index (χ1v) is 12.0. The van der Waals surface area contributed by atoms with E-state index in [0.29, 0.717) is 17.2 Å². The fourth-order valence-electron chi connectivity index (χ4n) is 3.42. The Kier molecular flexibility index (Phi) is 8.41. The topological polar surface area (TPSA) is 86.6 Å². The number of hydrogen-bond acceptors (Lipinski definition) is 4. The summed E-state index contributed by atoms with van der Waals surface area (Å²) in [6.45, 7) is 12.7. The summed E-state index contributed by atoms with van der Waals surface area (Å²) >= 11 is 1.57. The second-order valence-electron chi connectivity index (χ2n) is 10.1. The third-order valence-corrected chi connectivity index (χ3v) is 6.23. The van der Waals surface area contributed by atoms with Crippen molar-refractivity contribution in [2.24, 2.45) is 0 Å². The van der Waals surface area contributed by atoms with Crippen LogP contribution < -0.4 is 5.32 Å². The second kappa shape index (κ2) is 10.4. The van der Waals surface area contributed by atoms with Gasteiger partial charge < -0.3 is 15.5 Å². The average Bonchev–Trinajstić information content (AvgIpc) is 2.67. The van der Waals surface area contributed by atoms with Crippen LogP contribution in [-0.2, 0) is 22.0 Å². The molecule has 0 heterocycles. The van der Waals surface area contributed by atoms with Gasteiger partial charge in [-0.1, -0.05) is 53.7 Å². The van der Waals surface area contributed by atoms with E-state index in [4.69, 9.17) is 5.11 Å². The summed E-state index contributed by atoms with van der Waals surface area (Å²) in [4.78, 5) is 23.0. The minimum Gasteiger partial charge on any atom is -0.507 e. The zero-order valence-electron chi connectivity index (χ0n) is 19.9. The molecule has 0 spiro atoms. The normalized spacial score (nSPS) is 11.9. The van der Waals surface area contributed by atoms with Gasteiger partial charge in [-0.25, -0.2) is 4.79 Å². The summed E-state index contributed by atoms with van der Waals surface area (Å²) in [6, 6.07) is 10.4. The van der Waals surface area contributed by atoms with Crippen LogP contribution in [0.2, 0.25) is 0 Å². The van der Waals surface area contributed by atoms with Crippen LogP contribution in [0.5, 0.6) is 5.75 Å². The first kappa shape index (κ1) is 25.8. The molecular weight excluding hydrogens is 422 g/mol. The van der Waals surface area contributed by atoms with Gasteiger partial charge in [0.2, 0.25) is 5.91 Å². The van der Waals surface area contributed by atoms with E-state index in [2.05, 4.69) is 59.0 Å². The molecule has 32 heavy (non-hydrogen) atoms. The SMILES string of the molecule is CC(C)(C)c1cc(CCCSCC(=O)Nc2ccc(C(=O)O)cc2)cc(C(C)(C)C)c1O. The molecular formula is C26H35NO4S. The third kappa shape index (κ3) is 7.30. The van der Waals surface area contributed by atoms with Gasteiger partial charge in [-0.2, -0.15) is 11.8 Å². The van der Waals surface area contributed by atoms with Gasteiger partial charge >= 0.3 is 5.97 Å². The summed E-state index contributed by atoms with van der Waals surface area (Å²) in [7, 11) is 0. The second-order valence-corrected chi connectivity index (χ2v) is 11.2. The van der Waals surface area contributed by atoms with E-state index >= 15 is 0 Å². The first-order chi connectivity index (χ1) is 14.8. The van der Waals surface area contributed by atoms with Crippen LogP contribution in [-0.4, -0.2) is 33.6 Å². The van der Waals surface area contributed by atoms with E-state index in [-0.39, 0.29) is 22.3 Å². The van der Waals surface area contributed by atoms with E-state index < -0.39 is 5.97 Å². The van der Waals surface area contributed by atoms with Gasteiger partial charge in [0.25, 0.3) is 0 Å². The highest BCUT2D eigenvalue weighted by Gasteiger charge is 2.26. The van der Waals surface area contributed by atoms with Crippen LogP contribution in [0.15, 0.2) is 36.4 Å². The number of hydrogen-bond donors (Lipinski definition) is 3. The lowest BCUT2D eigenvalue weighted by molar-refractivity contribution is -0.113. The molecule has 5 nitrogen and oxygen atoms in total. The minimum atomic E-state index is -0.990. The van der Waals surface area contributed by atoms with Crippen LogP contribution in [0.25, 0.3) is 0 Å². The number of phenolic OH excluding ortho intramolecular Hbond substituents is 1. The number of anilines is 1. The van der Waals surface area contributed by atoms with E-state index in [1.54, 1.807) is 23.9 Å². The van der Waals surface area contributed by atoms with Crippen molar-refractivity contribution < 1.29 is 19.8 Å². The number of aromatic carboxylic acids is 1. The first-order valence-electron chi connectivity index (χ1n) is 10.9. The molecule has 2 aromatic rings. The Balaban J connectivity index is 1.89. The van der Waals surface area contributed by atoms with Crippen molar-refractivity contribution in [3.05, 3.63) is 58.7 Å². The quantitative estimate of drug-likeness (QED) is 0.424. The Bertz CT molecular complexity index is 918. The number of carbonyl (C=O) groups is 2. The van der Waals surface area contributed by atoms with Crippen LogP contribution in [0.3, 0.4) is 0 Å². The van der Waals surface area contributed by atoms with Gasteiger partial charge in [0.1, 0.15) is 5.75 Å². The maximum Gasteiger partial charge on any atom is 0.335 e. The standard InChI is InChI=1S/C26H35NO4S/c1-25(2,3)20-14-17(15-21(23(20)29)26(4,5)6)8-7-13-32-16-22(28)27-19-11-9-18(10-12-19)24(30)31/h9-12,14-15,29H,7-8,13,16H2,1-6H3,(H,27,28)(H,30,31). The number of nitrogens with one attached hydrogen (secondary N) is 1. The van der Waals surface area contributed by atoms with Crippen LogP contribution in [0.1, 0.15) is 75.0 Å². The number of aryl methyl sites for hydroxylation is 1. The number of carboxylic acid groups (broad SMARTS) is 1. The molecule has 2 rings (SSSR count). The molecule has 0 radical (unpaired) electrons. The van der Waals surface area contributed by atoms with Crippen molar-refractivity contribution in [3.8, 4) is 5.75 Å². The number of amides is 1. The summed E-state index contributed by atoms with van der Waals surface area (Å²) in [5.41, 5.74) is 3.65. The molecule has 0 saturated heterocycles. The summed E-state index contributed by atoms with van der Waals surface area (Å²) in [5, 5.41) is 22.6. The van der Waals surface area contributed by atoms with E-state index in [9.17, 15) is 14.7 Å². The van der Waals surface area contributed by atoms with Gasteiger partial charge in [0.05, 0.1) is 11.3 Å². The number of rotatable bonds is 8. The maximum atomic E-state index is 12.1. The zero-order chi connectivity index (χ0) is 24.1. The zero-order valence-corrected chi connectivity index (χ0v) is 20.7. The smallest absolute Gasteiger partial charge is 0.335 e. The van der Waals surface area contributed by atoms with Crippen molar-refractivity contribution in [2.75, 3.05) is 16.8 Å². The van der Waals surface area contributed by atoms with Crippen molar-refractivity contribution in [2.45, 2.75) is 65.2 Å². The summed E-state index contributed by atoms with van der Waals surface area (Å²) in [6.07, 6.45) is 1.82. The van der Waals surface area contributed by atoms with E-state index in [0.717, 1.165) is 29.7 Å². The van der Waals surface area contributed by atoms with Gasteiger partial charge in [0, 0.05) is 5.69 Å². The fraction of sp³-hybridized carbons (Fsp3) is 0.462. The fourth-order valence-corrected chi connectivity index (χ4v) is 4.17. The van der Waals surface area contributed by atoms with Gasteiger partial charge in [-0.05, 0) is 70.4 Å². The Hall–Kier alpha value is -2.47. The van der Waals surface area contributed by atoms with Crippen molar-refractivity contribution >= 4 is 29.3 Å². The average molecular weight is 458 g/mol. The lowest BCUT2D eigenvalue weighted by atomic mass is 9.78. The molecule has 0 aliphatic heterocycles. The molecule has 3 N–H and O–H groups in total. The minimum absolute atomic E-state index is 0.104. The number of carbonyl (C=O) groups excluding carboxylic acids is 1. The number of carboxylic acids is 1. The molecule has 0 aromatic heterocycles. The van der Waals surface area contributed by atoms with E-state index in [1.165, 1.54) is 17.7 Å². The Morgan fingerprint density at radius 1 is 0.938 bits per heavy atom. The molecule has 1 amide bonds. The molecule has 0 fully saturated rings. The number of phenols is 1. The van der Waals surface area contributed by atoms with Gasteiger partial charge in [-0.3, -0.25) is 4.79 Å². The molecule has 0 aliphatic rings. The van der Waals surface area contributed by atoms with Crippen molar-refractivity contribution in [3.63, 3.8) is 0 Å². The molecule has 174 valence electrons. The summed E-state index contributed by atoms with van der Waals surface area (Å²) in [5.74, 6) is 0.499. The van der Waals surface area contributed by atoms with Crippen LogP contribution >= 0.6 is 11.8 Å². The Morgan fingerprint density at radius 2 is 1.47 bits per heavy atom. The summed E-state index contributed by atoms with van der Waals surface area (Å²) < 4.78 is 0. The maximum absolute atomic E-state index is 12.1. The molecule has 0 saturated carbocycles. The highest BCUT2D eigenvalue weighted by atomic mass is 32.2. The van der Waals surface area contributed by atoms with Gasteiger partial charge in [0.15, 0.2) is 0 Å². The predicted molar refractivity (Wildman–Crippen MR) is 133 cm³/mol. The van der Waals surface area contributed by atoms with Crippen LogP contribution in [0, 0.1) is 0 Å². The highest BCUT2D eigenvalue weighted by molar-refractivity contribution is 7.99. The molecule has 0 aliphatic carbocycles. The largest absolute Gasteiger partial charge is 0.507 e. The third-order valence-electron chi connectivity index (χ3n) is 5.19. The van der Waals surface area contributed by atoms with Crippen LogP contribution in [0.4, 0.5) is 5.69 Å². The number of benzene rings is 2. The van der Waals surface area contributed by atoms with Crippen molar-refractivity contribution in [1.29, 1.82) is 0 Å². The monoisotopic (exact) mass is 457 g/mol. The molecule has 2 aromatic carbocycles. The van der Waals surface area contributed by atoms with Crippen molar-refractivity contribution in [1.82, 2.24) is 0 Å². The Labute approximate surface area is 195 Å². The number of aromatic hydroxyl groups is 1. The molecule has 0 atom stereocenters. The Morgan fingerprint density at radius 3 is 1.94 bits per heavy atom. The van der Waals surface area contributed by atoms with E-state index in [1.807, 2.05) is 0 Å². The molecule has 6 heteroatoms. The molecule has 0 bridgehead atoms. The molecule has 0 unspecified atom stereocenters. The lowest BCUT2D eigenvalue weighted by Crippen LogP contribution is -2.18. The predicted octanol–water partition coefficient (Wildman–Crippen LogP) is 5.99. The number of thioether (sulfide) groups is 1.